The average molecular weight is 293 g/mol. The molecule has 106 valence electrons. The van der Waals surface area contributed by atoms with E-state index in [4.69, 9.17) is 17.3 Å². The van der Waals surface area contributed by atoms with Crippen LogP contribution >= 0.6 is 11.6 Å². The van der Waals surface area contributed by atoms with Crippen molar-refractivity contribution in [1.29, 1.82) is 0 Å². The Morgan fingerprint density at radius 1 is 1.40 bits per heavy atom. The first-order chi connectivity index (χ1) is 9.74. The Labute approximate surface area is 122 Å². The molecule has 0 spiro atoms. The summed E-state index contributed by atoms with van der Waals surface area (Å²) in [6, 6.07) is 0. The van der Waals surface area contributed by atoms with Crippen LogP contribution in [-0.4, -0.2) is 26.1 Å². The highest BCUT2D eigenvalue weighted by Gasteiger charge is 2.28. The van der Waals surface area contributed by atoms with Crippen molar-refractivity contribution in [3.8, 4) is 0 Å². The summed E-state index contributed by atoms with van der Waals surface area (Å²) < 4.78 is 2.04. The Hall–Kier alpha value is -1.82. The number of nitrogens with two attached hydrogens (primary N) is 1. The molecule has 0 aliphatic heterocycles. The minimum absolute atomic E-state index is 0.346. The lowest BCUT2D eigenvalue weighted by atomic mass is 10.3. The second-order valence-electron chi connectivity index (χ2n) is 4.99. The number of imidazole rings is 1. The fourth-order valence-corrected chi connectivity index (χ4v) is 2.18. The molecule has 1 fully saturated rings. The highest BCUT2D eigenvalue weighted by molar-refractivity contribution is 6.32. The van der Waals surface area contributed by atoms with Crippen molar-refractivity contribution in [2.75, 3.05) is 17.6 Å². The van der Waals surface area contributed by atoms with Crippen LogP contribution in [-0.2, 0) is 6.54 Å². The van der Waals surface area contributed by atoms with Gasteiger partial charge in [0.1, 0.15) is 11.5 Å². The van der Waals surface area contributed by atoms with E-state index in [1.165, 1.54) is 0 Å². The van der Waals surface area contributed by atoms with Crippen LogP contribution < -0.4 is 11.1 Å². The van der Waals surface area contributed by atoms with Crippen molar-refractivity contribution < 1.29 is 0 Å². The maximum atomic E-state index is 6.06. The van der Waals surface area contributed by atoms with Gasteiger partial charge in [0.05, 0.1) is 6.33 Å². The maximum absolute atomic E-state index is 6.06. The molecule has 7 heteroatoms. The van der Waals surface area contributed by atoms with Gasteiger partial charge >= 0.3 is 0 Å². The van der Waals surface area contributed by atoms with Crippen LogP contribution in [0.2, 0.25) is 5.15 Å². The van der Waals surface area contributed by atoms with Gasteiger partial charge in [-0.2, -0.15) is 0 Å². The molecule has 0 unspecified atom stereocenters. The van der Waals surface area contributed by atoms with E-state index >= 15 is 0 Å². The second-order valence-corrected chi connectivity index (χ2v) is 5.35. The quantitative estimate of drug-likeness (QED) is 0.630. The molecule has 6 nitrogen and oxygen atoms in total. The number of rotatable bonds is 6. The fourth-order valence-electron chi connectivity index (χ4n) is 2.00. The Morgan fingerprint density at radius 2 is 2.25 bits per heavy atom. The molecular weight excluding hydrogens is 276 g/mol. The number of aromatic nitrogens is 4. The zero-order chi connectivity index (χ0) is 13.9. The van der Waals surface area contributed by atoms with Crippen LogP contribution in [0.4, 0.5) is 11.5 Å². The summed E-state index contributed by atoms with van der Waals surface area (Å²) in [6.45, 7) is 1.68. The van der Waals surface area contributed by atoms with E-state index in [1.54, 1.807) is 12.5 Å². The third-order valence-electron chi connectivity index (χ3n) is 3.30. The number of anilines is 2. The van der Waals surface area contributed by atoms with Crippen LogP contribution in [0.25, 0.3) is 0 Å². The van der Waals surface area contributed by atoms with Gasteiger partial charge in [0, 0.05) is 31.4 Å². The lowest BCUT2D eigenvalue weighted by Gasteiger charge is -2.11. The molecule has 0 radical (unpaired) electrons. The smallest absolute Gasteiger partial charge is 0.157 e. The third-order valence-corrected chi connectivity index (χ3v) is 3.59. The summed E-state index contributed by atoms with van der Waals surface area (Å²) in [5.41, 5.74) is 6.34. The van der Waals surface area contributed by atoms with E-state index in [0.717, 1.165) is 38.2 Å². The molecule has 3 N–H and O–H groups in total. The van der Waals surface area contributed by atoms with Gasteiger partial charge in [-0.05, 0) is 19.3 Å². The number of nitrogen functional groups attached to an aromatic ring is 1. The van der Waals surface area contributed by atoms with Gasteiger partial charge in [0.2, 0.25) is 0 Å². The third kappa shape index (κ3) is 3.01. The van der Waals surface area contributed by atoms with E-state index in [-0.39, 0.29) is 0 Å². The number of nitrogens with zero attached hydrogens (tertiary/aromatic N) is 4. The standard InChI is InChI=1S/C13H17ClN6/c14-11-10(15)13(19-12(18-11)9-2-3-9)17-4-1-6-20-7-5-16-8-20/h5,7-9H,1-4,6,15H2,(H,17,18,19). The van der Waals surface area contributed by atoms with E-state index in [0.29, 0.717) is 22.6 Å². The zero-order valence-electron chi connectivity index (χ0n) is 11.1. The lowest BCUT2D eigenvalue weighted by Crippen LogP contribution is -2.11. The highest BCUT2D eigenvalue weighted by Crippen LogP contribution is 2.40. The molecule has 0 atom stereocenters. The first kappa shape index (κ1) is 13.2. The van der Waals surface area contributed by atoms with Gasteiger partial charge in [-0.3, -0.25) is 0 Å². The predicted molar refractivity (Wildman–Crippen MR) is 78.8 cm³/mol. The summed E-state index contributed by atoms with van der Waals surface area (Å²) in [7, 11) is 0. The van der Waals surface area contributed by atoms with Crippen molar-refractivity contribution in [3.05, 3.63) is 29.7 Å². The maximum Gasteiger partial charge on any atom is 0.157 e. The Bertz CT molecular complexity index is 579. The van der Waals surface area contributed by atoms with Gasteiger partial charge in [0.15, 0.2) is 11.0 Å². The molecule has 1 aliphatic carbocycles. The SMILES string of the molecule is Nc1c(Cl)nc(C2CC2)nc1NCCCn1ccnc1. The first-order valence-corrected chi connectivity index (χ1v) is 7.14. The van der Waals surface area contributed by atoms with E-state index in [1.807, 2.05) is 10.8 Å². The molecule has 0 bridgehead atoms. The Balaban J connectivity index is 1.58. The topological polar surface area (TPSA) is 81.6 Å². The van der Waals surface area contributed by atoms with Gasteiger partial charge in [-0.25, -0.2) is 15.0 Å². The second kappa shape index (κ2) is 5.66. The van der Waals surface area contributed by atoms with Gasteiger partial charge < -0.3 is 15.6 Å². The summed E-state index contributed by atoms with van der Waals surface area (Å²) in [4.78, 5) is 12.7. The zero-order valence-corrected chi connectivity index (χ0v) is 11.8. The number of hydrogen-bond donors (Lipinski definition) is 2. The van der Waals surface area contributed by atoms with Crippen molar-refractivity contribution in [3.63, 3.8) is 0 Å². The van der Waals surface area contributed by atoms with Crippen LogP contribution in [0.3, 0.4) is 0 Å². The number of hydrogen-bond acceptors (Lipinski definition) is 5. The molecular formula is C13H17ClN6. The monoisotopic (exact) mass is 292 g/mol. The summed E-state index contributed by atoms with van der Waals surface area (Å²) in [5, 5.41) is 3.59. The number of nitrogens with one attached hydrogen (secondary N) is 1. The molecule has 0 amide bonds. The van der Waals surface area contributed by atoms with Crippen molar-refractivity contribution >= 4 is 23.1 Å². The molecule has 1 saturated carbocycles. The largest absolute Gasteiger partial charge is 0.393 e. The van der Waals surface area contributed by atoms with E-state index in [9.17, 15) is 0 Å². The fraction of sp³-hybridized carbons (Fsp3) is 0.462. The molecule has 0 saturated heterocycles. The Morgan fingerprint density at radius 3 is 2.95 bits per heavy atom. The van der Waals surface area contributed by atoms with Crippen LogP contribution in [0.15, 0.2) is 18.7 Å². The summed E-state index contributed by atoms with van der Waals surface area (Å²) >= 11 is 6.06. The molecule has 2 aromatic heterocycles. The number of aryl methyl sites for hydroxylation is 1. The van der Waals surface area contributed by atoms with Crippen LogP contribution in [0.1, 0.15) is 31.0 Å². The minimum atomic E-state index is 0.346. The van der Waals surface area contributed by atoms with Crippen LogP contribution in [0, 0.1) is 0 Å². The molecule has 0 aromatic carbocycles. The molecule has 20 heavy (non-hydrogen) atoms. The van der Waals surface area contributed by atoms with E-state index < -0.39 is 0 Å². The minimum Gasteiger partial charge on any atom is -0.393 e. The van der Waals surface area contributed by atoms with Crippen molar-refractivity contribution in [2.24, 2.45) is 0 Å². The number of halogens is 1. The van der Waals surface area contributed by atoms with Gasteiger partial charge in [0.25, 0.3) is 0 Å². The predicted octanol–water partition coefficient (Wildman–Crippen LogP) is 2.29. The normalized spacial score (nSPS) is 14.4. The van der Waals surface area contributed by atoms with Gasteiger partial charge in [-0.1, -0.05) is 11.6 Å². The Kier molecular flexibility index (Phi) is 3.73. The van der Waals surface area contributed by atoms with Crippen molar-refractivity contribution in [1.82, 2.24) is 19.5 Å². The van der Waals surface area contributed by atoms with Gasteiger partial charge in [-0.15, -0.1) is 0 Å². The molecule has 2 aromatic rings. The first-order valence-electron chi connectivity index (χ1n) is 6.76. The molecule has 2 heterocycles. The summed E-state index contributed by atoms with van der Waals surface area (Å²) in [6.07, 6.45) is 8.76. The summed E-state index contributed by atoms with van der Waals surface area (Å²) in [5.74, 6) is 1.92. The lowest BCUT2D eigenvalue weighted by molar-refractivity contribution is 0.660. The van der Waals surface area contributed by atoms with E-state index in [2.05, 4.69) is 20.3 Å². The molecule has 1 aliphatic rings. The van der Waals surface area contributed by atoms with Crippen LogP contribution in [0.5, 0.6) is 0 Å². The highest BCUT2D eigenvalue weighted by atomic mass is 35.5. The molecule has 3 rings (SSSR count). The van der Waals surface area contributed by atoms with Crippen molar-refractivity contribution in [2.45, 2.75) is 31.7 Å². The average Bonchev–Trinajstić information content (AvgIpc) is 3.16.